The molecule has 1 saturated carbocycles. The molecule has 0 aromatic carbocycles. The van der Waals surface area contributed by atoms with Crippen molar-refractivity contribution in [2.24, 2.45) is 5.92 Å². The van der Waals surface area contributed by atoms with Crippen LogP contribution in [-0.2, 0) is 0 Å². The van der Waals surface area contributed by atoms with Crippen molar-refractivity contribution >= 4 is 0 Å². The maximum atomic E-state index is 9.56. The van der Waals surface area contributed by atoms with Crippen LogP contribution >= 0.6 is 0 Å². The van der Waals surface area contributed by atoms with E-state index in [-0.39, 0.29) is 12.0 Å². The van der Waals surface area contributed by atoms with E-state index in [4.69, 9.17) is 0 Å². The second-order valence-corrected chi connectivity index (χ2v) is 3.78. The Morgan fingerprint density at radius 3 is 2.50 bits per heavy atom. The summed E-state index contributed by atoms with van der Waals surface area (Å²) < 4.78 is 0. The molecule has 1 aliphatic heterocycles. The first-order valence-corrected chi connectivity index (χ1v) is 4.50. The van der Waals surface area contributed by atoms with Gasteiger partial charge >= 0.3 is 0 Å². The summed E-state index contributed by atoms with van der Waals surface area (Å²) in [5, 5.41) is 31.2. The zero-order chi connectivity index (χ0) is 8.72. The van der Waals surface area contributed by atoms with Gasteiger partial charge in [-0.15, -0.1) is 0 Å². The summed E-state index contributed by atoms with van der Waals surface area (Å²) in [6.07, 6.45) is 0.540. The van der Waals surface area contributed by atoms with Crippen molar-refractivity contribution in [3.63, 3.8) is 0 Å². The highest BCUT2D eigenvalue weighted by molar-refractivity contribution is 4.98. The summed E-state index contributed by atoms with van der Waals surface area (Å²) in [5.41, 5.74) is 0. The van der Waals surface area contributed by atoms with Crippen molar-refractivity contribution in [2.75, 3.05) is 0 Å². The van der Waals surface area contributed by atoms with Crippen molar-refractivity contribution in [1.29, 1.82) is 0 Å². The molecular formula is C8H15NO3. The largest absolute Gasteiger partial charge is 0.393 e. The van der Waals surface area contributed by atoms with Gasteiger partial charge in [-0.25, -0.2) is 0 Å². The highest BCUT2D eigenvalue weighted by Crippen LogP contribution is 2.33. The lowest BCUT2D eigenvalue weighted by Gasteiger charge is -2.30. The Morgan fingerprint density at radius 1 is 1.08 bits per heavy atom. The fourth-order valence-corrected chi connectivity index (χ4v) is 2.39. The Labute approximate surface area is 71.2 Å². The van der Waals surface area contributed by atoms with Crippen LogP contribution in [0.5, 0.6) is 0 Å². The van der Waals surface area contributed by atoms with Crippen molar-refractivity contribution in [1.82, 2.24) is 5.32 Å². The normalized spacial score (nSPS) is 53.8. The molecule has 2 rings (SSSR count). The lowest BCUT2D eigenvalue weighted by atomic mass is 9.81. The molecule has 0 radical (unpaired) electrons. The molecule has 5 unspecified atom stereocenters. The topological polar surface area (TPSA) is 72.7 Å². The van der Waals surface area contributed by atoms with Gasteiger partial charge in [0.2, 0.25) is 0 Å². The molecule has 4 nitrogen and oxygen atoms in total. The van der Waals surface area contributed by atoms with Crippen molar-refractivity contribution in [3.8, 4) is 0 Å². The number of fused-ring (bicyclic) bond motifs is 1. The molecule has 70 valence electrons. The molecule has 4 heteroatoms. The van der Waals surface area contributed by atoms with Crippen molar-refractivity contribution < 1.29 is 15.3 Å². The molecular weight excluding hydrogens is 158 g/mol. The zero-order valence-corrected chi connectivity index (χ0v) is 6.85. The van der Waals surface area contributed by atoms with Gasteiger partial charge in [0.25, 0.3) is 0 Å². The number of hydrogen-bond donors (Lipinski definition) is 4. The summed E-state index contributed by atoms with van der Waals surface area (Å²) in [4.78, 5) is 0. The Balaban J connectivity index is 2.12. The maximum Gasteiger partial charge on any atom is 0.131 e. The average molecular weight is 173 g/mol. The Bertz CT molecular complexity index is 176. The molecule has 0 bridgehead atoms. The third-order valence-corrected chi connectivity index (χ3v) is 3.03. The fourth-order valence-electron chi connectivity index (χ4n) is 2.39. The molecule has 12 heavy (non-hydrogen) atoms. The van der Waals surface area contributed by atoms with E-state index in [0.717, 1.165) is 19.3 Å². The minimum atomic E-state index is -0.854. The fraction of sp³-hybridized carbons (Fsp3) is 1.00. The summed E-state index contributed by atoms with van der Waals surface area (Å²) in [6, 6.07) is 0.0961. The minimum absolute atomic E-state index is 0.0961. The highest BCUT2D eigenvalue weighted by Gasteiger charge is 2.46. The molecule has 2 aliphatic rings. The molecule has 0 aromatic rings. The number of aliphatic hydroxyl groups is 3. The first kappa shape index (κ1) is 8.44. The van der Waals surface area contributed by atoms with Crippen LogP contribution in [0.3, 0.4) is 0 Å². The van der Waals surface area contributed by atoms with E-state index in [2.05, 4.69) is 5.32 Å². The second kappa shape index (κ2) is 2.96. The van der Waals surface area contributed by atoms with E-state index in [0.29, 0.717) is 0 Å². The Morgan fingerprint density at radius 2 is 1.83 bits per heavy atom. The van der Waals surface area contributed by atoms with Crippen molar-refractivity contribution in [3.05, 3.63) is 0 Å². The molecule has 0 spiro atoms. The van der Waals surface area contributed by atoms with Crippen LogP contribution in [0.25, 0.3) is 0 Å². The van der Waals surface area contributed by atoms with E-state index in [9.17, 15) is 15.3 Å². The van der Waals surface area contributed by atoms with E-state index in [1.165, 1.54) is 0 Å². The monoisotopic (exact) mass is 173 g/mol. The van der Waals surface area contributed by atoms with E-state index in [1.807, 2.05) is 0 Å². The van der Waals surface area contributed by atoms with E-state index < -0.39 is 18.4 Å². The van der Waals surface area contributed by atoms with Crippen LogP contribution in [0.15, 0.2) is 0 Å². The van der Waals surface area contributed by atoms with Gasteiger partial charge in [-0.3, -0.25) is 5.32 Å². The smallest absolute Gasteiger partial charge is 0.131 e. The second-order valence-electron chi connectivity index (χ2n) is 3.78. The van der Waals surface area contributed by atoms with Gasteiger partial charge in [-0.1, -0.05) is 0 Å². The van der Waals surface area contributed by atoms with Gasteiger partial charge in [-0.05, 0) is 19.3 Å². The van der Waals surface area contributed by atoms with Crippen LogP contribution in [0, 0.1) is 5.92 Å². The Hall–Kier alpha value is -0.160. The van der Waals surface area contributed by atoms with Gasteiger partial charge in [0.05, 0.1) is 6.10 Å². The lowest BCUT2D eigenvalue weighted by Crippen LogP contribution is -2.40. The summed E-state index contributed by atoms with van der Waals surface area (Å²) in [5.74, 6) is -0.172. The molecule has 1 aliphatic carbocycles. The zero-order valence-electron chi connectivity index (χ0n) is 6.85. The van der Waals surface area contributed by atoms with Gasteiger partial charge < -0.3 is 15.3 Å². The molecule has 0 aromatic heterocycles. The molecule has 1 heterocycles. The number of nitrogens with one attached hydrogen (secondary N) is 1. The minimum Gasteiger partial charge on any atom is -0.393 e. The van der Waals surface area contributed by atoms with Crippen LogP contribution in [0.4, 0.5) is 0 Å². The number of hydrogen-bond acceptors (Lipinski definition) is 4. The number of rotatable bonds is 0. The standard InChI is InChI=1S/C8H15NO3/c10-5-3-1-2-4-6(5)7(11)8(12)9-4/h4-12H,1-3H2. The van der Waals surface area contributed by atoms with Gasteiger partial charge in [-0.2, -0.15) is 0 Å². The van der Waals surface area contributed by atoms with Crippen LogP contribution in [0.2, 0.25) is 0 Å². The summed E-state index contributed by atoms with van der Waals surface area (Å²) in [7, 11) is 0. The first-order valence-electron chi connectivity index (χ1n) is 4.50. The van der Waals surface area contributed by atoms with Crippen molar-refractivity contribution in [2.45, 2.75) is 43.7 Å². The summed E-state index contributed by atoms with van der Waals surface area (Å²) >= 11 is 0. The molecule has 4 N–H and O–H groups in total. The molecule has 5 atom stereocenters. The van der Waals surface area contributed by atoms with Crippen LogP contribution < -0.4 is 5.32 Å². The van der Waals surface area contributed by atoms with E-state index in [1.54, 1.807) is 0 Å². The van der Waals surface area contributed by atoms with Gasteiger partial charge in [0, 0.05) is 12.0 Å². The van der Waals surface area contributed by atoms with Gasteiger partial charge in [0.15, 0.2) is 0 Å². The van der Waals surface area contributed by atoms with Gasteiger partial charge in [0.1, 0.15) is 12.3 Å². The van der Waals surface area contributed by atoms with E-state index >= 15 is 0 Å². The highest BCUT2D eigenvalue weighted by atomic mass is 16.3. The van der Waals surface area contributed by atoms with Crippen LogP contribution in [-0.4, -0.2) is 39.8 Å². The Kier molecular flexibility index (Phi) is 2.08. The SMILES string of the molecule is OC1CCCC2NC(O)C(O)C12. The number of aliphatic hydroxyl groups excluding tert-OH is 3. The van der Waals surface area contributed by atoms with Crippen LogP contribution in [0.1, 0.15) is 19.3 Å². The summed E-state index contributed by atoms with van der Waals surface area (Å²) in [6.45, 7) is 0. The third kappa shape index (κ3) is 1.15. The quantitative estimate of drug-likeness (QED) is 0.371. The molecule has 1 saturated heterocycles. The predicted molar refractivity (Wildman–Crippen MR) is 42.3 cm³/mol. The predicted octanol–water partition coefficient (Wildman–Crippen LogP) is -1.20. The lowest BCUT2D eigenvalue weighted by molar-refractivity contribution is -0.0337. The molecule has 0 amide bonds. The first-order chi connectivity index (χ1) is 5.70. The average Bonchev–Trinajstić information content (AvgIpc) is 2.29. The molecule has 2 fully saturated rings. The third-order valence-electron chi connectivity index (χ3n) is 3.03. The maximum absolute atomic E-state index is 9.56.